The summed E-state index contributed by atoms with van der Waals surface area (Å²) < 4.78 is 24.5. The minimum Gasteiger partial charge on any atom is -0.324 e. The second-order valence-electron chi connectivity index (χ2n) is 5.61. The molecule has 0 unspecified atom stereocenters. The molecule has 3 N–H and O–H groups in total. The Morgan fingerprint density at radius 2 is 2.00 bits per heavy atom. The molecule has 2 aromatic rings. The number of pyridine rings is 1. The van der Waals surface area contributed by atoms with Crippen LogP contribution in [0.25, 0.3) is 0 Å². The Hall–Kier alpha value is -2.25. The summed E-state index contributed by atoms with van der Waals surface area (Å²) in [6.45, 7) is 1.77. The average Bonchev–Trinajstić information content (AvgIpc) is 2.52. The molecule has 1 atom stereocenters. The van der Waals surface area contributed by atoms with Gasteiger partial charge in [-0.2, -0.15) is 0 Å². The summed E-state index contributed by atoms with van der Waals surface area (Å²) >= 11 is 0. The molecule has 7 heteroatoms. The topological polar surface area (TPSA) is 102 Å². The van der Waals surface area contributed by atoms with Crippen molar-refractivity contribution in [1.29, 1.82) is 0 Å². The van der Waals surface area contributed by atoms with Gasteiger partial charge in [0.15, 0.2) is 9.84 Å². The third kappa shape index (κ3) is 2.97. The van der Waals surface area contributed by atoms with Crippen molar-refractivity contribution in [3.63, 3.8) is 0 Å². The SMILES string of the molecule is Cc1cc2c(cc1C(=O)Nc1ccncc1)S(=O)(=O)CC[C@@H]2N. The van der Waals surface area contributed by atoms with Gasteiger partial charge >= 0.3 is 0 Å². The second kappa shape index (κ2) is 5.75. The number of sulfone groups is 1. The summed E-state index contributed by atoms with van der Waals surface area (Å²) in [6, 6.07) is 6.16. The molecule has 3 rings (SSSR count). The van der Waals surface area contributed by atoms with Crippen LogP contribution >= 0.6 is 0 Å². The van der Waals surface area contributed by atoms with Crippen molar-refractivity contribution in [3.05, 3.63) is 53.3 Å². The van der Waals surface area contributed by atoms with Gasteiger partial charge in [-0.1, -0.05) is 6.07 Å². The van der Waals surface area contributed by atoms with E-state index in [2.05, 4.69) is 10.3 Å². The standard InChI is InChI=1S/C16H17N3O3S/c1-10-8-13-14(17)4-7-23(21,22)15(13)9-12(10)16(20)19-11-2-5-18-6-3-11/h2-3,5-6,8-9,14H,4,7,17H2,1H3,(H,18,19,20)/t14-/m0/s1. The zero-order chi connectivity index (χ0) is 16.6. The van der Waals surface area contributed by atoms with Crippen LogP contribution in [0, 0.1) is 6.92 Å². The molecule has 0 fully saturated rings. The molecule has 1 aromatic heterocycles. The maximum Gasteiger partial charge on any atom is 0.255 e. The van der Waals surface area contributed by atoms with E-state index in [-0.39, 0.29) is 22.6 Å². The highest BCUT2D eigenvalue weighted by Gasteiger charge is 2.30. The lowest BCUT2D eigenvalue weighted by atomic mass is 9.98. The number of aryl methyl sites for hydroxylation is 1. The summed E-state index contributed by atoms with van der Waals surface area (Å²) in [5, 5.41) is 2.74. The van der Waals surface area contributed by atoms with Crippen LogP contribution in [0.3, 0.4) is 0 Å². The van der Waals surface area contributed by atoms with Crippen LogP contribution in [0.2, 0.25) is 0 Å². The summed E-state index contributed by atoms with van der Waals surface area (Å²) in [5.41, 5.74) is 8.23. The van der Waals surface area contributed by atoms with E-state index < -0.39 is 9.84 Å². The van der Waals surface area contributed by atoms with Crippen molar-refractivity contribution in [2.24, 2.45) is 5.73 Å². The highest BCUT2D eigenvalue weighted by Crippen LogP contribution is 2.33. The summed E-state index contributed by atoms with van der Waals surface area (Å²) in [5.74, 6) is -0.346. The molecule has 1 aliphatic rings. The van der Waals surface area contributed by atoms with E-state index >= 15 is 0 Å². The Kier molecular flexibility index (Phi) is 3.91. The Morgan fingerprint density at radius 1 is 1.30 bits per heavy atom. The quantitative estimate of drug-likeness (QED) is 0.874. The fourth-order valence-corrected chi connectivity index (χ4v) is 4.35. The number of nitrogens with one attached hydrogen (secondary N) is 1. The van der Waals surface area contributed by atoms with Crippen LogP contribution in [0.4, 0.5) is 5.69 Å². The van der Waals surface area contributed by atoms with E-state index in [1.54, 1.807) is 37.5 Å². The molecule has 0 spiro atoms. The molecular formula is C16H17N3O3S. The average molecular weight is 331 g/mol. The molecule has 0 aliphatic carbocycles. The van der Waals surface area contributed by atoms with E-state index in [0.29, 0.717) is 28.8 Å². The number of carbonyl (C=O) groups is 1. The molecule has 0 radical (unpaired) electrons. The molecule has 1 aromatic carbocycles. The lowest BCUT2D eigenvalue weighted by molar-refractivity contribution is 0.102. The molecule has 2 heterocycles. The third-order valence-electron chi connectivity index (χ3n) is 3.97. The number of benzene rings is 1. The van der Waals surface area contributed by atoms with Crippen molar-refractivity contribution in [3.8, 4) is 0 Å². The van der Waals surface area contributed by atoms with Crippen LogP contribution < -0.4 is 11.1 Å². The second-order valence-corrected chi connectivity index (χ2v) is 7.69. The van der Waals surface area contributed by atoms with Crippen molar-refractivity contribution < 1.29 is 13.2 Å². The van der Waals surface area contributed by atoms with Crippen LogP contribution in [-0.2, 0) is 9.84 Å². The number of hydrogen-bond acceptors (Lipinski definition) is 5. The summed E-state index contributed by atoms with van der Waals surface area (Å²) in [7, 11) is -3.39. The predicted molar refractivity (Wildman–Crippen MR) is 87.0 cm³/mol. The first-order chi connectivity index (χ1) is 10.9. The van der Waals surface area contributed by atoms with Gasteiger partial charge < -0.3 is 11.1 Å². The van der Waals surface area contributed by atoms with Crippen molar-refractivity contribution in [2.75, 3.05) is 11.1 Å². The number of anilines is 1. The van der Waals surface area contributed by atoms with Gasteiger partial charge in [0.05, 0.1) is 10.6 Å². The fourth-order valence-electron chi connectivity index (χ4n) is 2.70. The van der Waals surface area contributed by atoms with E-state index in [1.165, 1.54) is 6.07 Å². The highest BCUT2D eigenvalue weighted by atomic mass is 32.2. The summed E-state index contributed by atoms with van der Waals surface area (Å²) in [6.07, 6.45) is 3.54. The largest absolute Gasteiger partial charge is 0.324 e. The van der Waals surface area contributed by atoms with Gasteiger partial charge in [-0.25, -0.2) is 8.42 Å². The van der Waals surface area contributed by atoms with E-state index in [1.807, 2.05) is 0 Å². The number of amides is 1. The van der Waals surface area contributed by atoms with Gasteiger partial charge in [0.1, 0.15) is 0 Å². The number of aromatic nitrogens is 1. The first kappa shape index (κ1) is 15.6. The molecule has 0 bridgehead atoms. The number of rotatable bonds is 2. The Labute approximate surface area is 134 Å². The monoisotopic (exact) mass is 331 g/mol. The number of fused-ring (bicyclic) bond motifs is 1. The minimum atomic E-state index is -3.39. The molecule has 1 amide bonds. The Balaban J connectivity index is 2.02. The summed E-state index contributed by atoms with van der Waals surface area (Å²) in [4.78, 5) is 16.5. The number of hydrogen-bond donors (Lipinski definition) is 2. The smallest absolute Gasteiger partial charge is 0.255 e. The lowest BCUT2D eigenvalue weighted by Gasteiger charge is -2.24. The molecule has 0 saturated heterocycles. The van der Waals surface area contributed by atoms with Gasteiger partial charge in [-0.3, -0.25) is 9.78 Å². The molecular weight excluding hydrogens is 314 g/mol. The van der Waals surface area contributed by atoms with Gasteiger partial charge in [-0.05, 0) is 42.7 Å². The molecule has 6 nitrogen and oxygen atoms in total. The normalized spacial score (nSPS) is 19.0. The van der Waals surface area contributed by atoms with Crippen LogP contribution in [-0.4, -0.2) is 25.1 Å². The lowest BCUT2D eigenvalue weighted by Crippen LogP contribution is -2.26. The first-order valence-electron chi connectivity index (χ1n) is 7.23. The molecule has 1 aliphatic heterocycles. The van der Waals surface area contributed by atoms with Gasteiger partial charge in [0.2, 0.25) is 0 Å². The zero-order valence-electron chi connectivity index (χ0n) is 12.6. The molecule has 23 heavy (non-hydrogen) atoms. The predicted octanol–water partition coefficient (Wildman–Crippen LogP) is 1.82. The Morgan fingerprint density at radius 3 is 2.70 bits per heavy atom. The first-order valence-corrected chi connectivity index (χ1v) is 8.88. The molecule has 0 saturated carbocycles. The number of carbonyl (C=O) groups excluding carboxylic acids is 1. The number of nitrogens with two attached hydrogens (primary N) is 1. The van der Waals surface area contributed by atoms with Gasteiger partial charge in [-0.15, -0.1) is 0 Å². The maximum atomic E-state index is 12.5. The van der Waals surface area contributed by atoms with Crippen molar-refractivity contribution in [1.82, 2.24) is 4.98 Å². The van der Waals surface area contributed by atoms with E-state index in [4.69, 9.17) is 5.73 Å². The minimum absolute atomic E-state index is 0.00956. The van der Waals surface area contributed by atoms with Crippen molar-refractivity contribution in [2.45, 2.75) is 24.3 Å². The van der Waals surface area contributed by atoms with E-state index in [0.717, 1.165) is 0 Å². The van der Waals surface area contributed by atoms with Crippen molar-refractivity contribution >= 4 is 21.4 Å². The maximum absolute atomic E-state index is 12.5. The zero-order valence-corrected chi connectivity index (χ0v) is 13.4. The number of nitrogens with zero attached hydrogens (tertiary/aromatic N) is 1. The third-order valence-corrected chi connectivity index (χ3v) is 5.77. The van der Waals surface area contributed by atoms with Gasteiger partial charge in [0, 0.05) is 29.7 Å². The molecule has 120 valence electrons. The van der Waals surface area contributed by atoms with E-state index in [9.17, 15) is 13.2 Å². The Bertz CT molecular complexity index is 864. The van der Waals surface area contributed by atoms with Crippen LogP contribution in [0.5, 0.6) is 0 Å². The highest BCUT2D eigenvalue weighted by molar-refractivity contribution is 7.91. The van der Waals surface area contributed by atoms with Gasteiger partial charge in [0.25, 0.3) is 5.91 Å². The van der Waals surface area contributed by atoms with Crippen LogP contribution in [0.1, 0.15) is 33.9 Å². The fraction of sp³-hybridized carbons (Fsp3) is 0.250. The van der Waals surface area contributed by atoms with Crippen LogP contribution in [0.15, 0.2) is 41.6 Å².